The van der Waals surface area contributed by atoms with Gasteiger partial charge in [-0.15, -0.1) is 0 Å². The molecule has 2 heterocycles. The molecule has 2 fully saturated rings. The van der Waals surface area contributed by atoms with Crippen LogP contribution in [0.15, 0.2) is 0 Å². The third-order valence-electron chi connectivity index (χ3n) is 3.30. The first-order valence-corrected chi connectivity index (χ1v) is 6.87. The van der Waals surface area contributed by atoms with Crippen molar-refractivity contribution in [3.05, 3.63) is 0 Å². The molecule has 0 radical (unpaired) electrons. The van der Waals surface area contributed by atoms with Crippen molar-refractivity contribution in [3.8, 4) is 0 Å². The number of sulfonamides is 1. The van der Waals surface area contributed by atoms with Gasteiger partial charge in [0.25, 0.3) is 0 Å². The van der Waals surface area contributed by atoms with E-state index >= 15 is 0 Å². The quantitative estimate of drug-likeness (QED) is 0.558. The Morgan fingerprint density at radius 3 is 2.31 bits per heavy atom. The van der Waals surface area contributed by atoms with Crippen LogP contribution in [0.5, 0.6) is 0 Å². The predicted octanol–water partition coefficient (Wildman–Crippen LogP) is -0.973. The summed E-state index contributed by atoms with van der Waals surface area (Å²) in [4.78, 5) is 24.9. The Balaban J connectivity index is 2.16. The molecule has 0 aromatic carbocycles. The summed E-state index contributed by atoms with van der Waals surface area (Å²) >= 11 is 0. The average Bonchev–Trinajstić information content (AvgIpc) is 2.15. The molecule has 0 saturated carbocycles. The van der Waals surface area contributed by atoms with Gasteiger partial charge in [0.05, 0.1) is 11.7 Å². The molecule has 0 bridgehead atoms. The van der Waals surface area contributed by atoms with Crippen molar-refractivity contribution >= 4 is 21.8 Å². The van der Waals surface area contributed by atoms with Crippen LogP contribution in [0.1, 0.15) is 12.8 Å². The fourth-order valence-corrected chi connectivity index (χ4v) is 3.34. The summed E-state index contributed by atoms with van der Waals surface area (Å²) in [5.74, 6) is -0.510. The first-order chi connectivity index (χ1) is 7.26. The van der Waals surface area contributed by atoms with Crippen LogP contribution in [0, 0.1) is 5.41 Å². The standard InChI is InChI=1S/C9H14N2O4S/c1-10-6-9(8(10)13)3-4-11(7(12)5-9)16(2,14)15/h3-6H2,1-2H3. The highest BCUT2D eigenvalue weighted by Crippen LogP contribution is 2.41. The molecule has 1 atom stereocenters. The molecule has 0 aliphatic carbocycles. The molecule has 6 nitrogen and oxygen atoms in total. The maximum Gasteiger partial charge on any atom is 0.237 e. The summed E-state index contributed by atoms with van der Waals surface area (Å²) in [6.45, 7) is 0.673. The minimum Gasteiger partial charge on any atom is -0.344 e. The zero-order chi connectivity index (χ0) is 12.1. The van der Waals surface area contributed by atoms with Crippen LogP contribution in [0.2, 0.25) is 0 Å². The molecule has 90 valence electrons. The number of carbonyl (C=O) groups excluding carboxylic acids is 2. The number of rotatable bonds is 1. The lowest BCUT2D eigenvalue weighted by molar-refractivity contribution is -0.166. The number of carbonyl (C=O) groups is 2. The Labute approximate surface area is 94.3 Å². The van der Waals surface area contributed by atoms with Crippen molar-refractivity contribution in [2.45, 2.75) is 12.8 Å². The summed E-state index contributed by atoms with van der Waals surface area (Å²) in [5, 5.41) is 0. The number of hydrogen-bond donors (Lipinski definition) is 0. The second kappa shape index (κ2) is 3.19. The van der Waals surface area contributed by atoms with Crippen LogP contribution in [0.3, 0.4) is 0 Å². The number of piperidine rings is 1. The minimum atomic E-state index is -3.48. The second-order valence-corrected chi connectivity index (χ2v) is 6.50. The Bertz CT molecular complexity index is 458. The van der Waals surface area contributed by atoms with Gasteiger partial charge in [0.1, 0.15) is 0 Å². The Hall–Kier alpha value is -1.11. The normalized spacial score (nSPS) is 30.9. The molecule has 2 amide bonds. The first kappa shape index (κ1) is 11.4. The fourth-order valence-electron chi connectivity index (χ4n) is 2.48. The number of nitrogens with zero attached hydrogens (tertiary/aromatic N) is 2. The molecule has 1 unspecified atom stereocenters. The summed E-state index contributed by atoms with van der Waals surface area (Å²) in [7, 11) is -1.80. The minimum absolute atomic E-state index is 0.0171. The van der Waals surface area contributed by atoms with Crippen molar-refractivity contribution in [2.24, 2.45) is 5.41 Å². The number of amides is 2. The third kappa shape index (κ3) is 1.50. The number of hydrogen-bond acceptors (Lipinski definition) is 4. The highest BCUT2D eigenvalue weighted by atomic mass is 32.2. The Kier molecular flexibility index (Phi) is 2.27. The van der Waals surface area contributed by atoms with Crippen LogP contribution in [0.25, 0.3) is 0 Å². The molecular formula is C9H14N2O4S. The zero-order valence-electron chi connectivity index (χ0n) is 9.26. The molecule has 0 aromatic rings. The largest absolute Gasteiger partial charge is 0.344 e. The molecule has 2 saturated heterocycles. The Morgan fingerprint density at radius 2 is 1.94 bits per heavy atom. The van der Waals surface area contributed by atoms with Crippen molar-refractivity contribution in [1.29, 1.82) is 0 Å². The van der Waals surface area contributed by atoms with Gasteiger partial charge in [-0.2, -0.15) is 0 Å². The van der Waals surface area contributed by atoms with Crippen molar-refractivity contribution < 1.29 is 18.0 Å². The van der Waals surface area contributed by atoms with Gasteiger partial charge in [-0.1, -0.05) is 0 Å². The molecule has 2 rings (SSSR count). The SMILES string of the molecule is CN1CC2(CCN(S(C)(=O)=O)C(=O)C2)C1=O. The molecule has 2 aliphatic heterocycles. The van der Waals surface area contributed by atoms with E-state index in [1.807, 2.05) is 0 Å². The first-order valence-electron chi connectivity index (χ1n) is 5.02. The molecule has 16 heavy (non-hydrogen) atoms. The van der Waals surface area contributed by atoms with Crippen LogP contribution in [0.4, 0.5) is 0 Å². The summed E-state index contributed by atoms with van der Waals surface area (Å²) < 4.78 is 23.4. The topological polar surface area (TPSA) is 74.8 Å². The van der Waals surface area contributed by atoms with Crippen molar-refractivity contribution in [3.63, 3.8) is 0 Å². The molecular weight excluding hydrogens is 232 g/mol. The smallest absolute Gasteiger partial charge is 0.237 e. The summed E-state index contributed by atoms with van der Waals surface area (Å²) in [6.07, 6.45) is 1.47. The van der Waals surface area contributed by atoms with Gasteiger partial charge in [-0.05, 0) is 6.42 Å². The van der Waals surface area contributed by atoms with Crippen LogP contribution < -0.4 is 0 Å². The second-order valence-electron chi connectivity index (χ2n) is 4.60. The van der Waals surface area contributed by atoms with Gasteiger partial charge in [0, 0.05) is 26.6 Å². The maximum atomic E-state index is 11.7. The monoisotopic (exact) mass is 246 g/mol. The predicted molar refractivity (Wildman–Crippen MR) is 55.9 cm³/mol. The number of likely N-dealkylation sites (tertiary alicyclic amines) is 1. The molecule has 0 aromatic heterocycles. The van der Waals surface area contributed by atoms with E-state index in [2.05, 4.69) is 0 Å². The molecule has 7 heteroatoms. The van der Waals surface area contributed by atoms with Gasteiger partial charge in [0.2, 0.25) is 21.8 Å². The van der Waals surface area contributed by atoms with Crippen LogP contribution in [-0.2, 0) is 19.6 Å². The van der Waals surface area contributed by atoms with Crippen molar-refractivity contribution in [2.75, 3.05) is 26.4 Å². The lowest BCUT2D eigenvalue weighted by atomic mass is 9.71. The van der Waals surface area contributed by atoms with Gasteiger partial charge >= 0.3 is 0 Å². The van der Waals surface area contributed by atoms with Gasteiger partial charge in [0.15, 0.2) is 0 Å². The van der Waals surface area contributed by atoms with Gasteiger partial charge in [-0.3, -0.25) is 9.59 Å². The van der Waals surface area contributed by atoms with E-state index in [1.54, 1.807) is 11.9 Å². The van der Waals surface area contributed by atoms with E-state index in [1.165, 1.54) is 0 Å². The van der Waals surface area contributed by atoms with Gasteiger partial charge < -0.3 is 4.90 Å². The molecule has 1 spiro atoms. The van der Waals surface area contributed by atoms with E-state index < -0.39 is 21.3 Å². The lowest BCUT2D eigenvalue weighted by Gasteiger charge is -2.50. The maximum absolute atomic E-state index is 11.7. The summed E-state index contributed by atoms with van der Waals surface area (Å²) in [5.41, 5.74) is -0.618. The highest BCUT2D eigenvalue weighted by Gasteiger charge is 2.54. The van der Waals surface area contributed by atoms with E-state index in [9.17, 15) is 18.0 Å². The molecule has 0 N–H and O–H groups in total. The van der Waals surface area contributed by atoms with E-state index in [0.29, 0.717) is 13.0 Å². The summed E-state index contributed by atoms with van der Waals surface area (Å²) in [6, 6.07) is 0. The van der Waals surface area contributed by atoms with E-state index in [4.69, 9.17) is 0 Å². The zero-order valence-corrected chi connectivity index (χ0v) is 10.1. The van der Waals surface area contributed by atoms with E-state index in [0.717, 1.165) is 10.6 Å². The van der Waals surface area contributed by atoms with Crippen molar-refractivity contribution in [1.82, 2.24) is 9.21 Å². The lowest BCUT2D eigenvalue weighted by Crippen LogP contribution is -2.64. The van der Waals surface area contributed by atoms with Crippen LogP contribution in [-0.4, -0.2) is 55.8 Å². The number of β-lactam (4-membered cyclic amide) rings is 1. The average molecular weight is 246 g/mol. The fraction of sp³-hybridized carbons (Fsp3) is 0.778. The Morgan fingerprint density at radius 1 is 1.31 bits per heavy atom. The van der Waals surface area contributed by atoms with Crippen LogP contribution >= 0.6 is 0 Å². The highest BCUT2D eigenvalue weighted by molar-refractivity contribution is 7.88. The van der Waals surface area contributed by atoms with Gasteiger partial charge in [-0.25, -0.2) is 12.7 Å². The molecule has 2 aliphatic rings. The third-order valence-corrected chi connectivity index (χ3v) is 4.49. The van der Waals surface area contributed by atoms with E-state index in [-0.39, 0.29) is 18.9 Å².